The highest BCUT2D eigenvalue weighted by Crippen LogP contribution is 2.15. The number of nitrogens with zero attached hydrogens (tertiary/aromatic N) is 3. The molecule has 0 saturated heterocycles. The second-order valence-electron chi connectivity index (χ2n) is 5.30. The van der Waals surface area contributed by atoms with Crippen molar-refractivity contribution >= 4 is 17.7 Å². The summed E-state index contributed by atoms with van der Waals surface area (Å²) in [5.74, 6) is 0.253. The molecule has 0 spiro atoms. The van der Waals surface area contributed by atoms with E-state index in [0.717, 1.165) is 11.3 Å². The first-order chi connectivity index (χ1) is 11.7. The molecular formula is C18H18N4OS. The molecular weight excluding hydrogens is 320 g/mol. The van der Waals surface area contributed by atoms with Crippen LogP contribution in [0.1, 0.15) is 18.5 Å². The second-order valence-corrected chi connectivity index (χ2v) is 6.24. The number of aromatic nitrogens is 3. The van der Waals surface area contributed by atoms with Crippen molar-refractivity contribution in [3.05, 3.63) is 72.6 Å². The summed E-state index contributed by atoms with van der Waals surface area (Å²) in [7, 11) is 0. The lowest BCUT2D eigenvalue weighted by atomic mass is 10.1. The normalized spacial score (nSPS) is 11.9. The van der Waals surface area contributed by atoms with Crippen LogP contribution < -0.4 is 5.32 Å². The third kappa shape index (κ3) is 4.23. The zero-order chi connectivity index (χ0) is 16.8. The number of nitrogens with one attached hydrogen (secondary N) is 1. The van der Waals surface area contributed by atoms with Crippen LogP contribution in [0.15, 0.2) is 72.1 Å². The summed E-state index contributed by atoms with van der Waals surface area (Å²) in [5, 5.41) is 7.95. The molecule has 24 heavy (non-hydrogen) atoms. The van der Waals surface area contributed by atoms with Gasteiger partial charge in [-0.15, -0.1) is 5.10 Å². The summed E-state index contributed by atoms with van der Waals surface area (Å²) in [6, 6.07) is 19.6. The van der Waals surface area contributed by atoms with E-state index < -0.39 is 0 Å². The predicted molar refractivity (Wildman–Crippen MR) is 95.1 cm³/mol. The minimum Gasteiger partial charge on any atom is -0.349 e. The average molecular weight is 338 g/mol. The SMILES string of the molecule is C[C@@H](NC(=O)CSc1ncn(-c2ccccc2)n1)c1ccccc1. The fourth-order valence-corrected chi connectivity index (χ4v) is 2.87. The molecule has 0 unspecified atom stereocenters. The lowest BCUT2D eigenvalue weighted by Crippen LogP contribution is -2.28. The Kier molecular flexibility index (Phi) is 5.28. The third-order valence-electron chi connectivity index (χ3n) is 3.50. The highest BCUT2D eigenvalue weighted by Gasteiger charge is 2.11. The molecule has 0 aliphatic carbocycles. The van der Waals surface area contributed by atoms with Crippen LogP contribution in [0, 0.1) is 0 Å². The van der Waals surface area contributed by atoms with Gasteiger partial charge in [0.05, 0.1) is 17.5 Å². The van der Waals surface area contributed by atoms with E-state index in [1.165, 1.54) is 11.8 Å². The molecule has 1 atom stereocenters. The highest BCUT2D eigenvalue weighted by molar-refractivity contribution is 7.99. The molecule has 122 valence electrons. The van der Waals surface area contributed by atoms with Crippen molar-refractivity contribution in [1.82, 2.24) is 20.1 Å². The monoisotopic (exact) mass is 338 g/mol. The molecule has 0 radical (unpaired) electrons. The Hall–Kier alpha value is -2.60. The Balaban J connectivity index is 1.53. The number of carbonyl (C=O) groups is 1. The van der Waals surface area contributed by atoms with E-state index in [2.05, 4.69) is 15.4 Å². The lowest BCUT2D eigenvalue weighted by Gasteiger charge is -2.13. The van der Waals surface area contributed by atoms with E-state index in [-0.39, 0.29) is 17.7 Å². The number of amides is 1. The topological polar surface area (TPSA) is 59.8 Å². The molecule has 0 bridgehead atoms. The van der Waals surface area contributed by atoms with Gasteiger partial charge in [-0.3, -0.25) is 4.79 Å². The van der Waals surface area contributed by atoms with Crippen molar-refractivity contribution < 1.29 is 4.79 Å². The summed E-state index contributed by atoms with van der Waals surface area (Å²) in [6.07, 6.45) is 1.65. The fourth-order valence-electron chi connectivity index (χ4n) is 2.26. The van der Waals surface area contributed by atoms with Gasteiger partial charge in [0.2, 0.25) is 11.1 Å². The minimum atomic E-state index is -0.0348. The molecule has 6 heteroatoms. The number of para-hydroxylation sites is 1. The van der Waals surface area contributed by atoms with Crippen LogP contribution in [-0.4, -0.2) is 26.4 Å². The molecule has 1 aromatic heterocycles. The Labute approximate surface area is 145 Å². The van der Waals surface area contributed by atoms with Gasteiger partial charge in [-0.2, -0.15) is 0 Å². The number of hydrogen-bond acceptors (Lipinski definition) is 4. The van der Waals surface area contributed by atoms with Crippen molar-refractivity contribution in [1.29, 1.82) is 0 Å². The minimum absolute atomic E-state index is 0.0193. The van der Waals surface area contributed by atoms with Crippen LogP contribution in [0.4, 0.5) is 0 Å². The molecule has 1 heterocycles. The van der Waals surface area contributed by atoms with E-state index in [1.54, 1.807) is 11.0 Å². The Bertz CT molecular complexity index is 789. The lowest BCUT2D eigenvalue weighted by molar-refractivity contribution is -0.119. The Morgan fingerprint density at radius 1 is 1.12 bits per heavy atom. The van der Waals surface area contributed by atoms with Crippen LogP contribution in [0.25, 0.3) is 5.69 Å². The van der Waals surface area contributed by atoms with Gasteiger partial charge < -0.3 is 5.32 Å². The molecule has 1 N–H and O–H groups in total. The second kappa shape index (κ2) is 7.79. The van der Waals surface area contributed by atoms with E-state index in [1.807, 2.05) is 67.6 Å². The van der Waals surface area contributed by atoms with E-state index in [9.17, 15) is 4.79 Å². The van der Waals surface area contributed by atoms with Crippen molar-refractivity contribution in [2.75, 3.05) is 5.75 Å². The van der Waals surface area contributed by atoms with Crippen LogP contribution in [0.2, 0.25) is 0 Å². The largest absolute Gasteiger partial charge is 0.349 e. The van der Waals surface area contributed by atoms with Crippen molar-refractivity contribution in [2.24, 2.45) is 0 Å². The highest BCUT2D eigenvalue weighted by atomic mass is 32.2. The van der Waals surface area contributed by atoms with Gasteiger partial charge in [-0.05, 0) is 24.6 Å². The van der Waals surface area contributed by atoms with Crippen molar-refractivity contribution in [2.45, 2.75) is 18.1 Å². The van der Waals surface area contributed by atoms with Crippen molar-refractivity contribution in [3.8, 4) is 5.69 Å². The molecule has 0 fully saturated rings. The van der Waals surface area contributed by atoms with Gasteiger partial charge in [0.1, 0.15) is 6.33 Å². The standard InChI is InChI=1S/C18H18N4OS/c1-14(15-8-4-2-5-9-15)20-17(23)12-24-18-19-13-22(21-18)16-10-6-3-7-11-16/h2-11,13-14H,12H2,1H3,(H,20,23)/t14-/m1/s1. The maximum atomic E-state index is 12.1. The maximum absolute atomic E-state index is 12.1. The number of carbonyl (C=O) groups excluding carboxylic acids is 1. The van der Waals surface area contributed by atoms with Crippen LogP contribution in [0.3, 0.4) is 0 Å². The molecule has 3 rings (SSSR count). The first-order valence-electron chi connectivity index (χ1n) is 7.66. The Morgan fingerprint density at radius 3 is 2.50 bits per heavy atom. The third-order valence-corrected chi connectivity index (χ3v) is 4.35. The first-order valence-corrected chi connectivity index (χ1v) is 8.65. The number of thioether (sulfide) groups is 1. The number of hydrogen-bond donors (Lipinski definition) is 1. The summed E-state index contributed by atoms with van der Waals surface area (Å²) >= 11 is 1.33. The van der Waals surface area contributed by atoms with E-state index in [0.29, 0.717) is 5.16 Å². The fraction of sp³-hybridized carbons (Fsp3) is 0.167. The first kappa shape index (κ1) is 16.3. The van der Waals surface area contributed by atoms with Crippen LogP contribution in [-0.2, 0) is 4.79 Å². The van der Waals surface area contributed by atoms with Gasteiger partial charge in [-0.25, -0.2) is 9.67 Å². The molecule has 0 aliphatic heterocycles. The van der Waals surface area contributed by atoms with Crippen LogP contribution in [0.5, 0.6) is 0 Å². The molecule has 5 nitrogen and oxygen atoms in total. The summed E-state index contributed by atoms with van der Waals surface area (Å²) in [6.45, 7) is 1.97. The Morgan fingerprint density at radius 2 is 1.79 bits per heavy atom. The quantitative estimate of drug-likeness (QED) is 0.701. The molecule has 2 aromatic carbocycles. The average Bonchev–Trinajstić information content (AvgIpc) is 3.10. The number of rotatable bonds is 6. The zero-order valence-corrected chi connectivity index (χ0v) is 14.1. The van der Waals surface area contributed by atoms with Gasteiger partial charge in [0, 0.05) is 0 Å². The summed E-state index contributed by atoms with van der Waals surface area (Å²) in [5.41, 5.74) is 2.03. The predicted octanol–water partition coefficient (Wildman–Crippen LogP) is 3.24. The van der Waals surface area contributed by atoms with Gasteiger partial charge in [0.15, 0.2) is 0 Å². The van der Waals surface area contributed by atoms with Crippen LogP contribution >= 0.6 is 11.8 Å². The molecule has 0 saturated carbocycles. The van der Waals surface area contributed by atoms with Crippen molar-refractivity contribution in [3.63, 3.8) is 0 Å². The number of benzene rings is 2. The maximum Gasteiger partial charge on any atom is 0.230 e. The van der Waals surface area contributed by atoms with Gasteiger partial charge in [0.25, 0.3) is 0 Å². The molecule has 0 aliphatic rings. The summed E-state index contributed by atoms with van der Waals surface area (Å²) in [4.78, 5) is 16.3. The zero-order valence-electron chi connectivity index (χ0n) is 13.3. The van der Waals surface area contributed by atoms with Gasteiger partial charge >= 0.3 is 0 Å². The smallest absolute Gasteiger partial charge is 0.230 e. The van der Waals surface area contributed by atoms with Gasteiger partial charge in [-0.1, -0.05) is 60.3 Å². The molecule has 1 amide bonds. The van der Waals surface area contributed by atoms with E-state index >= 15 is 0 Å². The summed E-state index contributed by atoms with van der Waals surface area (Å²) < 4.78 is 1.70. The molecule has 3 aromatic rings. The van der Waals surface area contributed by atoms with E-state index in [4.69, 9.17) is 0 Å².